The number of nitrogen functional groups attached to an aromatic ring is 1. The Morgan fingerprint density at radius 2 is 1.51 bits per heavy atom. The van der Waals surface area contributed by atoms with Gasteiger partial charge >= 0.3 is 160 Å². The first-order valence-corrected chi connectivity index (χ1v) is 13.8. The van der Waals surface area contributed by atoms with Gasteiger partial charge in [0.15, 0.2) is 5.82 Å². The SMILES string of the molecule is CCOS(=O)(=O)C(F)(F)F.NC1=NCc2c([N+](=O)[O-])ccc(Cl)c21.Nc1nn(CC(F)(F)F)c2c([N+](=O)[O-])ccc(Cl)c12.O=CO[O-].[Cs+].[Cs+].[H-]. The molecule has 4 N–H and O–H groups in total. The van der Waals surface area contributed by atoms with Crippen molar-refractivity contribution in [2.75, 3.05) is 12.3 Å². The van der Waals surface area contributed by atoms with Crippen molar-refractivity contribution >= 4 is 73.7 Å². The summed E-state index contributed by atoms with van der Waals surface area (Å²) >= 11 is 11.6. The van der Waals surface area contributed by atoms with Crippen molar-refractivity contribution in [3.63, 3.8) is 0 Å². The molecule has 1 aromatic heterocycles. The van der Waals surface area contributed by atoms with Gasteiger partial charge in [0.25, 0.3) is 17.8 Å². The van der Waals surface area contributed by atoms with Crippen molar-refractivity contribution in [2.45, 2.75) is 31.7 Å². The van der Waals surface area contributed by atoms with Gasteiger partial charge in [0, 0.05) is 17.7 Å². The number of benzene rings is 2. The molecule has 0 radical (unpaired) electrons. The Kier molecular flexibility index (Phi) is 22.7. The average molecular weight is 1010 g/mol. The summed E-state index contributed by atoms with van der Waals surface area (Å²) in [5.41, 5.74) is 5.86. The summed E-state index contributed by atoms with van der Waals surface area (Å²) in [6, 6.07) is 5.04. The van der Waals surface area contributed by atoms with Crippen molar-refractivity contribution in [1.29, 1.82) is 0 Å². The van der Waals surface area contributed by atoms with Crippen LogP contribution in [-0.2, 0) is 37.1 Å². The Labute approximate surface area is 399 Å². The molecule has 4 rings (SSSR count). The van der Waals surface area contributed by atoms with E-state index in [0.29, 0.717) is 20.8 Å². The van der Waals surface area contributed by atoms with Crippen LogP contribution < -0.4 is 155 Å². The number of halogens is 8. The van der Waals surface area contributed by atoms with Crippen LogP contribution in [0.2, 0.25) is 10.0 Å². The van der Waals surface area contributed by atoms with E-state index >= 15 is 0 Å². The van der Waals surface area contributed by atoms with Gasteiger partial charge in [-0.1, -0.05) is 23.2 Å². The van der Waals surface area contributed by atoms with Crippen molar-refractivity contribution in [1.82, 2.24) is 9.78 Å². The number of anilines is 1. The maximum Gasteiger partial charge on any atom is 1.00 e. The standard InChI is InChI=1S/C9H6ClF3N4O2.C8H6ClN3O2.C3H5F3O3S.CH2O3.2Cs.H/c10-4-1-2-5(17(18)19)7-6(4)8(14)15-16(7)3-9(11,12)13;9-5-1-2-6(12(13)14)4-3-11-8(10)7(4)5;1-2-9-10(7,8)3(4,5)6;2-1-4-3;;;/h1-2H,3H2,(H2,14,15);1-2H,3H2,(H2,10,11);2H2,1H3;1,3H;;;/q;;;;2*+1;-1/p-1. The van der Waals surface area contributed by atoms with E-state index in [1.54, 1.807) is 0 Å². The zero-order chi connectivity index (χ0) is 36.5. The monoisotopic (exact) mass is 1010 g/mol. The number of hydrogen-bond acceptors (Lipinski definition) is 14. The number of alkyl halides is 6. The van der Waals surface area contributed by atoms with Crippen LogP contribution in [0.25, 0.3) is 10.9 Å². The van der Waals surface area contributed by atoms with Crippen molar-refractivity contribution in [2.24, 2.45) is 10.7 Å². The normalized spacial score (nSPS) is 11.8. The zero-order valence-electron chi connectivity index (χ0n) is 25.9. The van der Waals surface area contributed by atoms with Crippen LogP contribution >= 0.6 is 23.2 Å². The predicted molar refractivity (Wildman–Crippen MR) is 149 cm³/mol. The van der Waals surface area contributed by atoms with E-state index in [0.717, 1.165) is 13.0 Å². The third-order valence-electron chi connectivity index (χ3n) is 5.07. The number of non-ortho nitro benzene ring substituents is 1. The van der Waals surface area contributed by atoms with Crippen molar-refractivity contribution in [3.8, 4) is 0 Å². The summed E-state index contributed by atoms with van der Waals surface area (Å²) < 4.78 is 94.8. The zero-order valence-corrected chi connectivity index (χ0v) is 39.8. The Morgan fingerprint density at radius 3 is 1.92 bits per heavy atom. The van der Waals surface area contributed by atoms with Gasteiger partial charge < -0.3 is 23.0 Å². The number of fused-ring (bicyclic) bond motifs is 2. The summed E-state index contributed by atoms with van der Waals surface area (Å²) in [7, 11) is -5.35. The molecular weight excluding hydrogens is 993 g/mol. The molecule has 17 nitrogen and oxygen atoms in total. The quantitative estimate of drug-likeness (QED) is 0.0499. The number of nitro groups is 2. The Morgan fingerprint density at radius 1 is 1.02 bits per heavy atom. The van der Waals surface area contributed by atoms with Gasteiger partial charge in [0.1, 0.15) is 17.9 Å². The van der Waals surface area contributed by atoms with E-state index in [1.807, 2.05) is 0 Å². The van der Waals surface area contributed by atoms with Gasteiger partial charge in [-0.3, -0.25) is 34.2 Å². The summed E-state index contributed by atoms with van der Waals surface area (Å²) in [5, 5.41) is 33.8. The first-order chi connectivity index (χ1) is 21.5. The van der Waals surface area contributed by atoms with Crippen LogP contribution in [0.3, 0.4) is 0 Å². The van der Waals surface area contributed by atoms with E-state index in [4.69, 9.17) is 44.7 Å². The molecule has 0 fully saturated rings. The summed E-state index contributed by atoms with van der Waals surface area (Å²) in [6.45, 7) is -0.787. The molecule has 0 amide bonds. The minimum atomic E-state index is -5.35. The van der Waals surface area contributed by atoms with Crippen molar-refractivity contribution in [3.05, 3.63) is 65.7 Å². The second-order valence-electron chi connectivity index (χ2n) is 8.08. The van der Waals surface area contributed by atoms with Crippen LogP contribution in [0.1, 0.15) is 19.5 Å². The van der Waals surface area contributed by atoms with Crippen LogP contribution in [0.4, 0.5) is 43.5 Å². The molecule has 1 aliphatic rings. The first-order valence-electron chi connectivity index (χ1n) is 11.6. The summed E-state index contributed by atoms with van der Waals surface area (Å²) in [6.07, 6.45) is -4.58. The van der Waals surface area contributed by atoms with E-state index in [-0.39, 0.29) is 185 Å². The Hall–Kier alpha value is -0.416. The molecule has 262 valence electrons. The largest absolute Gasteiger partial charge is 1.00 e. The number of carbonyl (C=O) groups is 1. The van der Waals surface area contributed by atoms with Gasteiger partial charge in [-0.05, 0) is 19.1 Å². The molecule has 0 bridgehead atoms. The molecule has 28 heteroatoms. The molecule has 2 heterocycles. The molecule has 0 aliphatic carbocycles. The third-order valence-corrected chi connectivity index (χ3v) is 6.81. The number of amidine groups is 1. The molecule has 49 heavy (non-hydrogen) atoms. The topological polar surface area (TPSA) is 261 Å². The van der Waals surface area contributed by atoms with Gasteiger partial charge in [-0.2, -0.15) is 39.9 Å². The van der Waals surface area contributed by atoms with E-state index in [1.165, 1.54) is 18.2 Å². The number of aliphatic imine (C=N–C) groups is 1. The van der Waals surface area contributed by atoms with Crippen LogP contribution in [0.15, 0.2) is 29.3 Å². The van der Waals surface area contributed by atoms with Crippen LogP contribution in [0, 0.1) is 20.2 Å². The molecule has 0 saturated heterocycles. The number of nitro benzene ring substituents is 2. The average Bonchev–Trinajstić information content (AvgIpc) is 3.48. The van der Waals surface area contributed by atoms with Crippen molar-refractivity contribution < 1.29 is 203 Å². The van der Waals surface area contributed by atoms with Gasteiger partial charge in [-0.15, -0.1) is 0 Å². The second kappa shape index (κ2) is 22.0. The third kappa shape index (κ3) is 14.9. The van der Waals surface area contributed by atoms with Gasteiger partial charge in [0.2, 0.25) is 0 Å². The predicted octanol–water partition coefficient (Wildman–Crippen LogP) is -2.36. The van der Waals surface area contributed by atoms with Gasteiger partial charge in [0.05, 0.1) is 44.0 Å². The number of aromatic nitrogens is 2. The minimum absolute atomic E-state index is 0. The maximum absolute atomic E-state index is 12.4. The number of nitrogens with two attached hydrogens (primary N) is 2. The van der Waals surface area contributed by atoms with Crippen LogP contribution in [-0.4, -0.2) is 58.6 Å². The fourth-order valence-corrected chi connectivity index (χ4v) is 4.37. The summed E-state index contributed by atoms with van der Waals surface area (Å²) in [5.74, 6) is -0.0124. The van der Waals surface area contributed by atoms with Gasteiger partial charge in [-0.25, -0.2) is 4.68 Å². The molecule has 0 saturated carbocycles. The fraction of sp³-hybridized carbons (Fsp3) is 0.286. The molecule has 0 atom stereocenters. The number of rotatable bonds is 6. The molecule has 0 spiro atoms. The smallest absolute Gasteiger partial charge is 1.00 e. The molecule has 2 aromatic carbocycles. The fourth-order valence-electron chi connectivity index (χ4n) is 3.40. The number of nitrogens with zero attached hydrogens (tertiary/aromatic N) is 5. The summed E-state index contributed by atoms with van der Waals surface area (Å²) in [4.78, 5) is 35.4. The number of hydrogen-bond donors (Lipinski definition) is 2. The Balaban J connectivity index is -0.000000635. The number of carbonyl (C=O) groups excluding carboxylic acids is 1. The molecule has 1 aliphatic heterocycles. The Bertz CT molecular complexity index is 1790. The first kappa shape index (κ1) is 50.7. The minimum Gasteiger partial charge on any atom is -1.00 e. The molecular formula is C21H19Cl2Cs2F6N7O10S. The van der Waals surface area contributed by atoms with E-state index in [2.05, 4.69) is 19.2 Å². The van der Waals surface area contributed by atoms with E-state index < -0.39 is 50.5 Å². The van der Waals surface area contributed by atoms with Crippen LogP contribution in [0.5, 0.6) is 0 Å². The second-order valence-corrected chi connectivity index (χ2v) is 10.5. The molecule has 0 unspecified atom stereocenters. The van der Waals surface area contributed by atoms with E-state index in [9.17, 15) is 55.0 Å². The maximum atomic E-state index is 12.4. The molecule has 3 aromatic rings.